The van der Waals surface area contributed by atoms with Crippen molar-refractivity contribution in [1.29, 1.82) is 0 Å². The highest BCUT2D eigenvalue weighted by Gasteiger charge is 2.21. The number of hydrogen-bond acceptors (Lipinski definition) is 5. The third-order valence-electron chi connectivity index (χ3n) is 5.23. The maximum Gasteiger partial charge on any atom is 0.246 e. The SMILES string of the molecule is C=CC(=O)N1CCC=C(c2cc3c(Nc4ccc(Cl)c(Cl)c4F)ncnc3cc2OC)C1. The lowest BCUT2D eigenvalue weighted by Gasteiger charge is -2.27. The fraction of sp³-hybridized carbons (Fsp3) is 0.174. The van der Waals surface area contributed by atoms with Crippen molar-refractivity contribution in [3.63, 3.8) is 0 Å². The second kappa shape index (κ2) is 9.14. The number of aromatic nitrogens is 2. The number of nitrogens with zero attached hydrogens (tertiary/aromatic N) is 3. The molecule has 9 heteroatoms. The molecule has 0 aliphatic carbocycles. The Bertz CT molecular complexity index is 1260. The van der Waals surface area contributed by atoms with Crippen molar-refractivity contribution in [3.05, 3.63) is 70.7 Å². The van der Waals surface area contributed by atoms with Crippen LogP contribution in [-0.2, 0) is 4.79 Å². The normalized spacial score (nSPS) is 13.6. The number of amides is 1. The third kappa shape index (κ3) is 4.13. The summed E-state index contributed by atoms with van der Waals surface area (Å²) >= 11 is 11.8. The first kappa shape index (κ1) is 22.0. The number of carbonyl (C=O) groups is 1. The van der Waals surface area contributed by atoms with Gasteiger partial charge in [0.05, 0.1) is 28.4 Å². The van der Waals surface area contributed by atoms with Gasteiger partial charge >= 0.3 is 0 Å². The second-order valence-electron chi connectivity index (χ2n) is 7.12. The maximum atomic E-state index is 14.6. The van der Waals surface area contributed by atoms with Gasteiger partial charge in [-0.05, 0) is 36.3 Å². The minimum atomic E-state index is -0.673. The number of nitrogens with one attached hydrogen (secondary N) is 1. The molecule has 0 saturated carbocycles. The van der Waals surface area contributed by atoms with Gasteiger partial charge in [-0.1, -0.05) is 35.9 Å². The molecule has 6 nitrogen and oxygen atoms in total. The van der Waals surface area contributed by atoms with Gasteiger partial charge in [0.25, 0.3) is 0 Å². The summed E-state index contributed by atoms with van der Waals surface area (Å²) in [5, 5.41) is 3.59. The Balaban J connectivity index is 1.79. The number of benzene rings is 2. The van der Waals surface area contributed by atoms with Crippen LogP contribution in [0.4, 0.5) is 15.9 Å². The van der Waals surface area contributed by atoms with Crippen LogP contribution < -0.4 is 10.1 Å². The third-order valence-corrected chi connectivity index (χ3v) is 6.01. The largest absolute Gasteiger partial charge is 0.496 e. The molecule has 1 aliphatic rings. The van der Waals surface area contributed by atoms with E-state index < -0.39 is 5.82 Å². The molecule has 164 valence electrons. The van der Waals surface area contributed by atoms with Crippen molar-refractivity contribution >= 4 is 57.1 Å². The first-order valence-corrected chi connectivity index (χ1v) is 10.5. The van der Waals surface area contributed by atoms with Crippen LogP contribution in [0.5, 0.6) is 5.75 Å². The summed E-state index contributed by atoms with van der Waals surface area (Å²) in [5.74, 6) is 0.206. The van der Waals surface area contributed by atoms with Gasteiger partial charge in [0.1, 0.15) is 17.9 Å². The smallest absolute Gasteiger partial charge is 0.246 e. The highest BCUT2D eigenvalue weighted by Crippen LogP contribution is 2.36. The summed E-state index contributed by atoms with van der Waals surface area (Å²) < 4.78 is 20.2. The van der Waals surface area contributed by atoms with Crippen LogP contribution in [0.3, 0.4) is 0 Å². The molecule has 3 aromatic rings. The molecule has 4 rings (SSSR count). The molecule has 2 heterocycles. The van der Waals surface area contributed by atoms with Crippen LogP contribution >= 0.6 is 23.2 Å². The highest BCUT2D eigenvalue weighted by molar-refractivity contribution is 6.42. The second-order valence-corrected chi connectivity index (χ2v) is 7.91. The number of methoxy groups -OCH3 is 1. The zero-order valence-corrected chi connectivity index (χ0v) is 18.7. The first-order chi connectivity index (χ1) is 15.4. The van der Waals surface area contributed by atoms with E-state index in [1.165, 1.54) is 24.5 Å². The van der Waals surface area contributed by atoms with E-state index in [1.54, 1.807) is 18.1 Å². The van der Waals surface area contributed by atoms with Gasteiger partial charge in [-0.3, -0.25) is 4.79 Å². The van der Waals surface area contributed by atoms with Crippen molar-refractivity contribution in [3.8, 4) is 5.75 Å². The van der Waals surface area contributed by atoms with Crippen LogP contribution in [0, 0.1) is 5.82 Å². The van der Waals surface area contributed by atoms with Crippen LogP contribution in [0.1, 0.15) is 12.0 Å². The molecular weight excluding hydrogens is 454 g/mol. The Morgan fingerprint density at radius 1 is 1.31 bits per heavy atom. The van der Waals surface area contributed by atoms with Gasteiger partial charge in [0, 0.05) is 30.1 Å². The minimum absolute atomic E-state index is 0.122. The van der Waals surface area contributed by atoms with Gasteiger partial charge in [-0.2, -0.15) is 0 Å². The summed E-state index contributed by atoms with van der Waals surface area (Å²) in [7, 11) is 1.58. The number of ether oxygens (including phenoxy) is 1. The van der Waals surface area contributed by atoms with E-state index in [-0.39, 0.29) is 21.6 Å². The summed E-state index contributed by atoms with van der Waals surface area (Å²) in [6, 6.07) is 6.66. The molecular formula is C23H19Cl2FN4O2. The number of hydrogen-bond donors (Lipinski definition) is 1. The highest BCUT2D eigenvalue weighted by atomic mass is 35.5. The zero-order chi connectivity index (χ0) is 22.8. The predicted octanol–water partition coefficient (Wildman–Crippen LogP) is 5.63. The van der Waals surface area contributed by atoms with E-state index in [1.807, 2.05) is 6.07 Å². The van der Waals surface area contributed by atoms with Crippen molar-refractivity contribution < 1.29 is 13.9 Å². The minimum Gasteiger partial charge on any atom is -0.496 e. The summed E-state index contributed by atoms with van der Waals surface area (Å²) in [5.41, 5.74) is 2.48. The lowest BCUT2D eigenvalue weighted by molar-refractivity contribution is -0.125. The fourth-order valence-electron chi connectivity index (χ4n) is 3.61. The molecule has 1 aromatic heterocycles. The molecule has 0 radical (unpaired) electrons. The lowest BCUT2D eigenvalue weighted by Crippen LogP contribution is -2.34. The van der Waals surface area contributed by atoms with Crippen LogP contribution in [-0.4, -0.2) is 41.0 Å². The van der Waals surface area contributed by atoms with Gasteiger partial charge in [-0.25, -0.2) is 14.4 Å². The quantitative estimate of drug-likeness (QED) is 0.384. The molecule has 0 unspecified atom stereocenters. The van der Waals surface area contributed by atoms with Crippen LogP contribution in [0.15, 0.2) is 49.3 Å². The molecule has 1 N–H and O–H groups in total. The van der Waals surface area contributed by atoms with Gasteiger partial charge < -0.3 is 15.0 Å². The van der Waals surface area contributed by atoms with Crippen molar-refractivity contribution in [2.24, 2.45) is 0 Å². The number of rotatable bonds is 5. The molecule has 1 aliphatic heterocycles. The van der Waals surface area contributed by atoms with E-state index in [0.29, 0.717) is 42.0 Å². The van der Waals surface area contributed by atoms with Crippen molar-refractivity contribution in [1.82, 2.24) is 14.9 Å². The van der Waals surface area contributed by atoms with E-state index >= 15 is 0 Å². The molecule has 0 saturated heterocycles. The Hall–Kier alpha value is -3.16. The summed E-state index contributed by atoms with van der Waals surface area (Å²) in [6.45, 7) is 4.61. The Labute approximate surface area is 194 Å². The van der Waals surface area contributed by atoms with Gasteiger partial charge in [0.2, 0.25) is 5.91 Å². The van der Waals surface area contributed by atoms with Crippen molar-refractivity contribution in [2.45, 2.75) is 6.42 Å². The average Bonchev–Trinajstić information content (AvgIpc) is 2.83. The number of carbonyl (C=O) groups excluding carboxylic acids is 1. The Morgan fingerprint density at radius 2 is 2.12 bits per heavy atom. The number of halogens is 3. The molecule has 0 fully saturated rings. The molecule has 0 spiro atoms. The van der Waals surface area contributed by atoms with E-state index in [9.17, 15) is 9.18 Å². The monoisotopic (exact) mass is 472 g/mol. The van der Waals surface area contributed by atoms with E-state index in [2.05, 4.69) is 27.9 Å². The van der Waals surface area contributed by atoms with Crippen LogP contribution in [0.2, 0.25) is 10.0 Å². The average molecular weight is 473 g/mol. The Kier molecular flexibility index (Phi) is 6.30. The predicted molar refractivity (Wildman–Crippen MR) is 125 cm³/mol. The molecule has 2 aromatic carbocycles. The number of anilines is 2. The van der Waals surface area contributed by atoms with Gasteiger partial charge in [0.15, 0.2) is 5.82 Å². The Morgan fingerprint density at radius 3 is 2.88 bits per heavy atom. The summed E-state index contributed by atoms with van der Waals surface area (Å²) in [4.78, 5) is 22.4. The standard InChI is InChI=1S/C23H19Cl2FN4O2/c1-3-20(31)30-8-4-5-13(11-30)14-9-15-18(10-19(14)32-2)27-12-28-23(15)29-17-7-6-16(24)21(25)22(17)26/h3,5-7,9-10,12H,1,4,8,11H2,2H3,(H,27,28,29). The van der Waals surface area contributed by atoms with E-state index in [0.717, 1.165) is 11.1 Å². The zero-order valence-electron chi connectivity index (χ0n) is 17.2. The first-order valence-electron chi connectivity index (χ1n) is 9.77. The number of fused-ring (bicyclic) bond motifs is 1. The summed E-state index contributed by atoms with van der Waals surface area (Å²) in [6.07, 6.45) is 5.47. The molecule has 0 atom stereocenters. The lowest BCUT2D eigenvalue weighted by atomic mass is 9.98. The van der Waals surface area contributed by atoms with Crippen molar-refractivity contribution in [2.75, 3.05) is 25.5 Å². The van der Waals surface area contributed by atoms with E-state index in [4.69, 9.17) is 27.9 Å². The fourth-order valence-corrected chi connectivity index (χ4v) is 3.92. The molecule has 0 bridgehead atoms. The van der Waals surface area contributed by atoms with Crippen LogP contribution in [0.25, 0.3) is 16.5 Å². The molecule has 32 heavy (non-hydrogen) atoms. The maximum absolute atomic E-state index is 14.6. The van der Waals surface area contributed by atoms with Gasteiger partial charge in [-0.15, -0.1) is 0 Å². The molecule has 1 amide bonds. The topological polar surface area (TPSA) is 67.4 Å².